The summed E-state index contributed by atoms with van der Waals surface area (Å²) in [6.45, 7) is 0. The van der Waals surface area contributed by atoms with E-state index in [1.807, 2.05) is 0 Å². The monoisotopic (exact) mass is 168 g/mol. The Morgan fingerprint density at radius 3 is 2.00 bits per heavy atom. The molecule has 0 spiro atoms. The van der Waals surface area contributed by atoms with Gasteiger partial charge in [-0.25, -0.2) is 10.0 Å². The lowest BCUT2D eigenvalue weighted by Gasteiger charge is -2.24. The van der Waals surface area contributed by atoms with E-state index in [1.54, 1.807) is 0 Å². The van der Waals surface area contributed by atoms with Gasteiger partial charge >= 0.3 is 0 Å². The van der Waals surface area contributed by atoms with Crippen LogP contribution in [-0.2, 0) is 5.75 Å². The van der Waals surface area contributed by atoms with Crippen LogP contribution in [0.2, 0.25) is 0 Å². The minimum absolute atomic E-state index is 0.377. The maximum absolute atomic E-state index is 2.35. The summed E-state index contributed by atoms with van der Waals surface area (Å²) in [5.74, 6) is 1.24. The predicted octanol–water partition coefficient (Wildman–Crippen LogP) is 2.88. The molecule has 62 valence electrons. The van der Waals surface area contributed by atoms with Crippen molar-refractivity contribution in [2.45, 2.75) is 5.75 Å². The molecular weight excluding hydrogens is 152 g/mol. The van der Waals surface area contributed by atoms with Crippen molar-refractivity contribution in [3.63, 3.8) is 0 Å². The molecule has 11 heavy (non-hydrogen) atoms. The molecule has 0 saturated heterocycles. The van der Waals surface area contributed by atoms with Gasteiger partial charge in [-0.1, -0.05) is 30.3 Å². The van der Waals surface area contributed by atoms with Crippen LogP contribution in [0.25, 0.3) is 0 Å². The molecule has 1 rings (SSSR count). The SMILES string of the molecule is CS(C)(C)Cc1ccccc1. The van der Waals surface area contributed by atoms with Crippen LogP contribution in [-0.4, -0.2) is 18.8 Å². The van der Waals surface area contributed by atoms with E-state index in [9.17, 15) is 0 Å². The Labute approximate surface area is 71.0 Å². The van der Waals surface area contributed by atoms with Gasteiger partial charge in [0.2, 0.25) is 0 Å². The van der Waals surface area contributed by atoms with Gasteiger partial charge in [0.1, 0.15) is 0 Å². The van der Waals surface area contributed by atoms with Crippen molar-refractivity contribution in [2.75, 3.05) is 18.8 Å². The molecule has 0 aliphatic heterocycles. The number of rotatable bonds is 2. The van der Waals surface area contributed by atoms with Gasteiger partial charge in [-0.05, 0) is 24.3 Å². The van der Waals surface area contributed by atoms with Crippen molar-refractivity contribution in [1.29, 1.82) is 0 Å². The van der Waals surface area contributed by atoms with E-state index in [4.69, 9.17) is 0 Å². The quantitative estimate of drug-likeness (QED) is 0.637. The fourth-order valence-electron chi connectivity index (χ4n) is 1.07. The maximum Gasteiger partial charge on any atom is 0.00177 e. The highest BCUT2D eigenvalue weighted by atomic mass is 32.3. The molecule has 0 unspecified atom stereocenters. The van der Waals surface area contributed by atoms with Crippen molar-refractivity contribution < 1.29 is 0 Å². The van der Waals surface area contributed by atoms with Gasteiger partial charge in [-0.3, -0.25) is 0 Å². The molecule has 1 aromatic rings. The van der Waals surface area contributed by atoms with E-state index in [2.05, 4.69) is 49.1 Å². The molecule has 0 N–H and O–H groups in total. The average Bonchev–Trinajstić information content (AvgIpc) is 1.85. The highest BCUT2D eigenvalue weighted by Gasteiger charge is 2.03. The lowest BCUT2D eigenvalue weighted by Crippen LogP contribution is -1.95. The van der Waals surface area contributed by atoms with Gasteiger partial charge in [0.05, 0.1) is 0 Å². The van der Waals surface area contributed by atoms with Gasteiger partial charge in [0, 0.05) is 5.75 Å². The normalized spacial score (nSPS) is 13.0. The Bertz CT molecular complexity index is 208. The minimum atomic E-state index is -0.377. The number of hydrogen-bond donors (Lipinski definition) is 0. The molecule has 0 fully saturated rings. The summed E-state index contributed by atoms with van der Waals surface area (Å²) < 4.78 is 0. The van der Waals surface area contributed by atoms with Crippen LogP contribution in [0, 0.1) is 0 Å². The summed E-state index contributed by atoms with van der Waals surface area (Å²) in [5.41, 5.74) is 1.47. The summed E-state index contributed by atoms with van der Waals surface area (Å²) in [5, 5.41) is 0. The fraction of sp³-hybridized carbons (Fsp3) is 0.400. The molecular formula is C10H16S. The molecule has 0 nitrogen and oxygen atoms in total. The van der Waals surface area contributed by atoms with E-state index in [0.717, 1.165) is 0 Å². The van der Waals surface area contributed by atoms with E-state index < -0.39 is 0 Å². The van der Waals surface area contributed by atoms with E-state index in [1.165, 1.54) is 11.3 Å². The highest BCUT2D eigenvalue weighted by molar-refractivity contribution is 8.31. The molecule has 0 saturated carbocycles. The topological polar surface area (TPSA) is 0 Å². The molecule has 0 aliphatic rings. The number of benzene rings is 1. The number of hydrogen-bond acceptors (Lipinski definition) is 0. The second kappa shape index (κ2) is 3.31. The highest BCUT2D eigenvalue weighted by Crippen LogP contribution is 2.38. The van der Waals surface area contributed by atoms with Crippen LogP contribution >= 0.6 is 10.0 Å². The Morgan fingerprint density at radius 2 is 1.55 bits per heavy atom. The lowest BCUT2D eigenvalue weighted by molar-refractivity contribution is 1.40. The molecule has 0 bridgehead atoms. The third-order valence-corrected chi connectivity index (χ3v) is 2.64. The van der Waals surface area contributed by atoms with Crippen LogP contribution in [0.1, 0.15) is 5.56 Å². The second-order valence-corrected chi connectivity index (χ2v) is 8.19. The predicted molar refractivity (Wildman–Crippen MR) is 55.5 cm³/mol. The first-order valence-corrected chi connectivity index (χ1v) is 6.80. The first kappa shape index (κ1) is 8.66. The van der Waals surface area contributed by atoms with Gasteiger partial charge in [0.15, 0.2) is 0 Å². The summed E-state index contributed by atoms with van der Waals surface area (Å²) >= 11 is 0. The zero-order valence-electron chi connectivity index (χ0n) is 7.50. The summed E-state index contributed by atoms with van der Waals surface area (Å²) in [6, 6.07) is 10.7. The Morgan fingerprint density at radius 1 is 1.00 bits per heavy atom. The molecule has 0 radical (unpaired) electrons. The second-order valence-electron chi connectivity index (χ2n) is 3.72. The van der Waals surface area contributed by atoms with Gasteiger partial charge in [-0.2, -0.15) is 0 Å². The lowest BCUT2D eigenvalue weighted by atomic mass is 10.2. The minimum Gasteiger partial charge on any atom is -0.246 e. The van der Waals surface area contributed by atoms with Crippen LogP contribution in [0.5, 0.6) is 0 Å². The summed E-state index contributed by atoms with van der Waals surface area (Å²) in [6.07, 6.45) is 7.04. The van der Waals surface area contributed by atoms with Crippen molar-refractivity contribution >= 4 is 10.0 Å². The Balaban J connectivity index is 2.66. The van der Waals surface area contributed by atoms with E-state index in [0.29, 0.717) is 0 Å². The van der Waals surface area contributed by atoms with Crippen LogP contribution < -0.4 is 0 Å². The molecule has 1 aromatic carbocycles. The first-order valence-electron chi connectivity index (χ1n) is 3.78. The smallest absolute Gasteiger partial charge is 0.00177 e. The largest absolute Gasteiger partial charge is 0.246 e. The summed E-state index contributed by atoms with van der Waals surface area (Å²) in [7, 11) is -0.377. The Hall–Kier alpha value is -0.430. The molecule has 0 atom stereocenters. The first-order chi connectivity index (χ1) is 5.08. The standard InChI is InChI=1S/C10H16S/c1-11(2,3)9-10-7-5-4-6-8-10/h4-8H,9H2,1-3H3. The zero-order chi connectivity index (χ0) is 8.32. The van der Waals surface area contributed by atoms with Crippen molar-refractivity contribution in [3.8, 4) is 0 Å². The third kappa shape index (κ3) is 3.47. The molecule has 0 heterocycles. The average molecular weight is 168 g/mol. The van der Waals surface area contributed by atoms with Crippen molar-refractivity contribution in [3.05, 3.63) is 35.9 Å². The van der Waals surface area contributed by atoms with E-state index in [-0.39, 0.29) is 10.0 Å². The van der Waals surface area contributed by atoms with Crippen LogP contribution in [0.15, 0.2) is 30.3 Å². The van der Waals surface area contributed by atoms with Crippen molar-refractivity contribution in [1.82, 2.24) is 0 Å². The molecule has 1 heteroatoms. The Kier molecular flexibility index (Phi) is 2.61. The van der Waals surface area contributed by atoms with E-state index >= 15 is 0 Å². The van der Waals surface area contributed by atoms with Crippen LogP contribution in [0.4, 0.5) is 0 Å². The van der Waals surface area contributed by atoms with Gasteiger partial charge in [0.25, 0.3) is 0 Å². The van der Waals surface area contributed by atoms with Gasteiger partial charge in [-0.15, -0.1) is 0 Å². The summed E-state index contributed by atoms with van der Waals surface area (Å²) in [4.78, 5) is 0. The van der Waals surface area contributed by atoms with Crippen LogP contribution in [0.3, 0.4) is 0 Å². The molecule has 0 aromatic heterocycles. The molecule has 0 amide bonds. The fourth-order valence-corrected chi connectivity index (χ4v) is 2.27. The van der Waals surface area contributed by atoms with Gasteiger partial charge < -0.3 is 0 Å². The van der Waals surface area contributed by atoms with Crippen molar-refractivity contribution in [2.24, 2.45) is 0 Å². The zero-order valence-corrected chi connectivity index (χ0v) is 8.32. The molecule has 0 aliphatic carbocycles. The maximum atomic E-state index is 2.35. The third-order valence-electron chi connectivity index (χ3n) is 1.44.